The molecular weight excluding hydrogens is 521 g/mol. The molecule has 1 amide bonds. The zero-order valence-electron chi connectivity index (χ0n) is 16.6. The summed E-state index contributed by atoms with van der Waals surface area (Å²) in [6.45, 7) is -0.897. The van der Waals surface area contributed by atoms with Crippen molar-refractivity contribution in [2.75, 3.05) is 6.54 Å². The summed E-state index contributed by atoms with van der Waals surface area (Å²) in [5, 5.41) is 4.24. The van der Waals surface area contributed by atoms with Crippen LogP contribution in [0.15, 0.2) is 87.3 Å². The molecule has 166 valence electrons. The smallest absolute Gasteiger partial charge is 0.255 e. The predicted molar refractivity (Wildman–Crippen MR) is 125 cm³/mol. The SMILES string of the molecule is O=C(CN(Cc1ccccc1F)S(=O)(=O)c1ccc(Cl)cc1)N/N=C\c1ccccc1Br. The molecule has 0 fully saturated rings. The van der Waals surface area contributed by atoms with E-state index >= 15 is 0 Å². The van der Waals surface area contributed by atoms with E-state index in [1.54, 1.807) is 12.1 Å². The maximum absolute atomic E-state index is 14.2. The van der Waals surface area contributed by atoms with Gasteiger partial charge in [0.15, 0.2) is 0 Å². The molecule has 0 bridgehead atoms. The zero-order valence-corrected chi connectivity index (χ0v) is 19.7. The Balaban J connectivity index is 1.82. The fraction of sp³-hybridized carbons (Fsp3) is 0.0909. The molecule has 0 aliphatic heterocycles. The molecule has 0 unspecified atom stereocenters. The van der Waals surface area contributed by atoms with Crippen molar-refractivity contribution in [2.45, 2.75) is 11.4 Å². The van der Waals surface area contributed by atoms with Crippen LogP contribution in [0.5, 0.6) is 0 Å². The molecule has 32 heavy (non-hydrogen) atoms. The van der Waals surface area contributed by atoms with Crippen LogP contribution in [0.1, 0.15) is 11.1 Å². The van der Waals surface area contributed by atoms with Crippen LogP contribution in [-0.2, 0) is 21.4 Å². The number of nitrogens with zero attached hydrogens (tertiary/aromatic N) is 2. The molecule has 10 heteroatoms. The van der Waals surface area contributed by atoms with Gasteiger partial charge in [-0.05, 0) is 36.4 Å². The second-order valence-electron chi connectivity index (χ2n) is 6.63. The molecule has 0 aliphatic carbocycles. The number of carbonyl (C=O) groups is 1. The second-order valence-corrected chi connectivity index (χ2v) is 9.86. The summed E-state index contributed by atoms with van der Waals surface area (Å²) in [7, 11) is -4.12. The van der Waals surface area contributed by atoms with Crippen molar-refractivity contribution in [1.82, 2.24) is 9.73 Å². The Bertz CT molecular complexity index is 1240. The van der Waals surface area contributed by atoms with Crippen molar-refractivity contribution < 1.29 is 17.6 Å². The van der Waals surface area contributed by atoms with Gasteiger partial charge in [0.1, 0.15) is 5.82 Å². The van der Waals surface area contributed by atoms with Crippen LogP contribution in [0.2, 0.25) is 5.02 Å². The Morgan fingerprint density at radius 1 is 1.06 bits per heavy atom. The molecule has 0 saturated heterocycles. The summed E-state index contributed by atoms with van der Waals surface area (Å²) < 4.78 is 42.2. The molecule has 3 aromatic rings. The first-order valence-corrected chi connectivity index (χ1v) is 11.9. The summed E-state index contributed by atoms with van der Waals surface area (Å²) in [6, 6.07) is 18.5. The first kappa shape index (κ1) is 24.1. The lowest BCUT2D eigenvalue weighted by atomic mass is 10.2. The molecule has 0 radical (unpaired) electrons. The number of hydrogen-bond acceptors (Lipinski definition) is 4. The van der Waals surface area contributed by atoms with Gasteiger partial charge in [-0.2, -0.15) is 9.41 Å². The number of amides is 1. The molecule has 3 aromatic carbocycles. The lowest BCUT2D eigenvalue weighted by molar-refractivity contribution is -0.121. The number of nitrogens with one attached hydrogen (secondary N) is 1. The van der Waals surface area contributed by atoms with Gasteiger partial charge in [-0.1, -0.05) is 63.9 Å². The molecule has 3 rings (SSSR count). The van der Waals surface area contributed by atoms with Crippen molar-refractivity contribution >= 4 is 49.7 Å². The van der Waals surface area contributed by atoms with Gasteiger partial charge in [0.25, 0.3) is 5.91 Å². The summed E-state index contributed by atoms with van der Waals surface area (Å²) >= 11 is 9.22. The van der Waals surface area contributed by atoms with Crippen LogP contribution in [0, 0.1) is 5.82 Å². The van der Waals surface area contributed by atoms with Crippen LogP contribution in [0.4, 0.5) is 4.39 Å². The van der Waals surface area contributed by atoms with Crippen LogP contribution in [0.3, 0.4) is 0 Å². The quantitative estimate of drug-likeness (QED) is 0.337. The Kier molecular flexibility index (Phi) is 8.14. The first-order valence-electron chi connectivity index (χ1n) is 9.33. The van der Waals surface area contributed by atoms with Gasteiger partial charge in [0.2, 0.25) is 10.0 Å². The average Bonchev–Trinajstić information content (AvgIpc) is 2.76. The number of rotatable bonds is 8. The zero-order chi connectivity index (χ0) is 23.1. The molecule has 0 aliphatic rings. The third kappa shape index (κ3) is 6.23. The van der Waals surface area contributed by atoms with E-state index in [1.807, 2.05) is 18.2 Å². The topological polar surface area (TPSA) is 78.8 Å². The average molecular weight is 539 g/mol. The second kappa shape index (κ2) is 10.8. The lowest BCUT2D eigenvalue weighted by Gasteiger charge is -2.21. The minimum atomic E-state index is -4.12. The van der Waals surface area contributed by atoms with Crippen molar-refractivity contribution in [3.05, 3.63) is 99.2 Å². The molecule has 6 nitrogen and oxygen atoms in total. The van der Waals surface area contributed by atoms with Crippen LogP contribution < -0.4 is 5.43 Å². The molecule has 0 saturated carbocycles. The van der Waals surface area contributed by atoms with Gasteiger partial charge in [0, 0.05) is 27.2 Å². The van der Waals surface area contributed by atoms with Crippen LogP contribution >= 0.6 is 27.5 Å². The predicted octanol–water partition coefficient (Wildman–Crippen LogP) is 4.58. The Morgan fingerprint density at radius 3 is 2.41 bits per heavy atom. The highest BCUT2D eigenvalue weighted by molar-refractivity contribution is 9.10. The standard InChI is InChI=1S/C22H18BrClFN3O3S/c23-20-7-3-1-5-16(20)13-26-27-22(29)15-28(14-17-6-2-4-8-21(17)25)32(30,31)19-11-9-18(24)10-12-19/h1-13H,14-15H2,(H,27,29)/b26-13-. The van der Waals surface area contributed by atoms with Crippen molar-refractivity contribution in [2.24, 2.45) is 5.10 Å². The van der Waals surface area contributed by atoms with E-state index in [1.165, 1.54) is 48.7 Å². The molecule has 0 heterocycles. The van der Waals surface area contributed by atoms with Crippen LogP contribution in [-0.4, -0.2) is 31.4 Å². The maximum Gasteiger partial charge on any atom is 0.255 e. The lowest BCUT2D eigenvalue weighted by Crippen LogP contribution is -2.39. The van der Waals surface area contributed by atoms with Crippen molar-refractivity contribution in [1.29, 1.82) is 0 Å². The fourth-order valence-electron chi connectivity index (χ4n) is 2.75. The number of hydrogen-bond donors (Lipinski definition) is 1. The summed E-state index contributed by atoms with van der Waals surface area (Å²) in [4.78, 5) is 12.4. The molecule has 0 atom stereocenters. The van der Waals surface area contributed by atoms with E-state index in [0.717, 1.165) is 14.3 Å². The highest BCUT2D eigenvalue weighted by Gasteiger charge is 2.27. The number of halogens is 3. The van der Waals surface area contributed by atoms with E-state index in [2.05, 4.69) is 26.5 Å². The molecule has 0 spiro atoms. The number of hydrazone groups is 1. The van der Waals surface area contributed by atoms with Gasteiger partial charge >= 0.3 is 0 Å². The van der Waals surface area contributed by atoms with Crippen molar-refractivity contribution in [3.63, 3.8) is 0 Å². The fourth-order valence-corrected chi connectivity index (χ4v) is 4.63. The number of sulfonamides is 1. The molecule has 0 aromatic heterocycles. The Labute approximate surface area is 198 Å². The van der Waals surface area contributed by atoms with Gasteiger partial charge < -0.3 is 0 Å². The van der Waals surface area contributed by atoms with E-state index in [9.17, 15) is 17.6 Å². The Morgan fingerprint density at radius 2 is 1.72 bits per heavy atom. The highest BCUT2D eigenvalue weighted by Crippen LogP contribution is 2.21. The molecular formula is C22H18BrClFN3O3S. The minimum Gasteiger partial charge on any atom is -0.272 e. The van der Waals surface area contributed by atoms with E-state index in [4.69, 9.17) is 11.6 Å². The summed E-state index contributed by atoms with van der Waals surface area (Å²) in [5.41, 5.74) is 3.17. The summed E-state index contributed by atoms with van der Waals surface area (Å²) in [6.07, 6.45) is 1.43. The number of carbonyl (C=O) groups excluding carboxylic acids is 1. The van der Waals surface area contributed by atoms with E-state index < -0.39 is 28.3 Å². The largest absolute Gasteiger partial charge is 0.272 e. The normalized spacial score (nSPS) is 11.8. The third-order valence-corrected chi connectivity index (χ3v) is 7.15. The number of benzene rings is 3. The maximum atomic E-state index is 14.2. The Hall–Kier alpha value is -2.59. The van der Waals surface area contributed by atoms with E-state index in [-0.39, 0.29) is 17.0 Å². The third-order valence-electron chi connectivity index (χ3n) is 4.37. The van der Waals surface area contributed by atoms with Gasteiger partial charge in [-0.3, -0.25) is 4.79 Å². The van der Waals surface area contributed by atoms with Crippen LogP contribution in [0.25, 0.3) is 0 Å². The molecule has 1 N–H and O–H groups in total. The van der Waals surface area contributed by atoms with E-state index in [0.29, 0.717) is 5.02 Å². The summed E-state index contributed by atoms with van der Waals surface area (Å²) in [5.74, 6) is -1.25. The van der Waals surface area contributed by atoms with Gasteiger partial charge in [-0.15, -0.1) is 0 Å². The minimum absolute atomic E-state index is 0.0669. The van der Waals surface area contributed by atoms with Gasteiger partial charge in [0.05, 0.1) is 17.7 Å². The first-order chi connectivity index (χ1) is 15.3. The highest BCUT2D eigenvalue weighted by atomic mass is 79.9. The van der Waals surface area contributed by atoms with Crippen molar-refractivity contribution in [3.8, 4) is 0 Å². The van der Waals surface area contributed by atoms with Gasteiger partial charge in [-0.25, -0.2) is 18.2 Å². The monoisotopic (exact) mass is 537 g/mol.